The summed E-state index contributed by atoms with van der Waals surface area (Å²) in [6, 6.07) is 8.00. The summed E-state index contributed by atoms with van der Waals surface area (Å²) in [5.74, 6) is 0.0347. The maximum Gasteiger partial charge on any atom is 0.229 e. The van der Waals surface area contributed by atoms with Crippen molar-refractivity contribution >= 4 is 11.6 Å². The number of carbonyl (C=O) groups is 1. The molecule has 1 amide bonds. The third kappa shape index (κ3) is 2.66. The highest BCUT2D eigenvalue weighted by Gasteiger charge is 2.27. The van der Waals surface area contributed by atoms with Gasteiger partial charge < -0.3 is 15.2 Å². The van der Waals surface area contributed by atoms with Crippen LogP contribution in [0.25, 0.3) is 0 Å². The average molecular weight is 270 g/mol. The number of fused-ring (bicyclic) bond motifs is 1. The number of aryl methyl sites for hydroxylation is 1. The highest BCUT2D eigenvalue weighted by Crippen LogP contribution is 2.30. The van der Waals surface area contributed by atoms with Gasteiger partial charge in [-0.05, 0) is 18.1 Å². The Morgan fingerprint density at radius 3 is 3.20 bits per heavy atom. The Morgan fingerprint density at radius 2 is 2.35 bits per heavy atom. The van der Waals surface area contributed by atoms with Gasteiger partial charge in [-0.3, -0.25) is 4.79 Å². The molecule has 0 spiro atoms. The number of imidazole rings is 1. The van der Waals surface area contributed by atoms with Gasteiger partial charge >= 0.3 is 0 Å². The summed E-state index contributed by atoms with van der Waals surface area (Å²) >= 11 is 0. The molecule has 2 N–H and O–H groups in total. The fourth-order valence-electron chi connectivity index (χ4n) is 2.53. The van der Waals surface area contributed by atoms with Gasteiger partial charge in [-0.25, -0.2) is 4.98 Å². The van der Waals surface area contributed by atoms with E-state index in [0.29, 0.717) is 13.1 Å². The van der Waals surface area contributed by atoms with Crippen LogP contribution in [0.3, 0.4) is 0 Å². The molecule has 5 nitrogen and oxygen atoms in total. The molecule has 1 unspecified atom stereocenters. The highest BCUT2D eigenvalue weighted by molar-refractivity contribution is 5.88. The number of hydrogen-bond acceptors (Lipinski definition) is 3. The Labute approximate surface area is 118 Å². The standard InChI is InChI=1S/C15H18N4O/c20-15(17-6-3-8-19-9-7-16-11-19)13-10-18-14-5-2-1-4-12(13)14/h1-2,4-5,7,9,11,13,18H,3,6,8,10H2,(H,17,20). The summed E-state index contributed by atoms with van der Waals surface area (Å²) in [5, 5.41) is 6.29. The van der Waals surface area contributed by atoms with Gasteiger partial charge in [0.1, 0.15) is 0 Å². The number of rotatable bonds is 5. The van der Waals surface area contributed by atoms with E-state index in [4.69, 9.17) is 0 Å². The van der Waals surface area contributed by atoms with Crippen LogP contribution < -0.4 is 10.6 Å². The van der Waals surface area contributed by atoms with E-state index in [9.17, 15) is 4.79 Å². The molecule has 0 saturated carbocycles. The van der Waals surface area contributed by atoms with Gasteiger partial charge in [0.05, 0.1) is 12.2 Å². The van der Waals surface area contributed by atoms with E-state index in [1.807, 2.05) is 35.0 Å². The molecular formula is C15H18N4O. The lowest BCUT2D eigenvalue weighted by atomic mass is 10.0. The second-order valence-corrected chi connectivity index (χ2v) is 4.97. The monoisotopic (exact) mass is 270 g/mol. The van der Waals surface area contributed by atoms with E-state index in [1.165, 1.54) is 0 Å². The largest absolute Gasteiger partial charge is 0.384 e. The van der Waals surface area contributed by atoms with Gasteiger partial charge in [-0.2, -0.15) is 0 Å². The van der Waals surface area contributed by atoms with Gasteiger partial charge in [0.15, 0.2) is 0 Å². The normalized spacial score (nSPS) is 16.5. The van der Waals surface area contributed by atoms with Crippen LogP contribution in [0.5, 0.6) is 0 Å². The molecule has 1 aliphatic rings. The average Bonchev–Trinajstić information content (AvgIpc) is 3.12. The van der Waals surface area contributed by atoms with Gasteiger partial charge in [0, 0.05) is 37.7 Å². The molecule has 1 atom stereocenters. The molecule has 2 aromatic rings. The third-order valence-electron chi connectivity index (χ3n) is 3.60. The van der Waals surface area contributed by atoms with Crippen LogP contribution in [0.1, 0.15) is 17.9 Å². The Hall–Kier alpha value is -2.30. The quantitative estimate of drug-likeness (QED) is 0.811. The van der Waals surface area contributed by atoms with E-state index in [1.54, 1.807) is 12.5 Å². The van der Waals surface area contributed by atoms with E-state index >= 15 is 0 Å². The minimum Gasteiger partial charge on any atom is -0.384 e. The maximum atomic E-state index is 12.2. The first-order valence-corrected chi connectivity index (χ1v) is 6.91. The molecule has 20 heavy (non-hydrogen) atoms. The lowest BCUT2D eigenvalue weighted by Gasteiger charge is -2.11. The molecule has 1 aliphatic heterocycles. The van der Waals surface area contributed by atoms with Gasteiger partial charge in [0.25, 0.3) is 0 Å². The van der Waals surface area contributed by atoms with E-state index in [2.05, 4.69) is 15.6 Å². The fraction of sp³-hybridized carbons (Fsp3) is 0.333. The number of benzene rings is 1. The zero-order valence-corrected chi connectivity index (χ0v) is 11.2. The summed E-state index contributed by atoms with van der Waals surface area (Å²) in [6.07, 6.45) is 6.39. The number of anilines is 1. The van der Waals surface area contributed by atoms with Crippen LogP contribution in [-0.2, 0) is 11.3 Å². The first-order valence-electron chi connectivity index (χ1n) is 6.91. The predicted molar refractivity (Wildman–Crippen MR) is 77.5 cm³/mol. The summed E-state index contributed by atoms with van der Waals surface area (Å²) in [5.41, 5.74) is 2.17. The first kappa shape index (κ1) is 12.7. The molecule has 3 rings (SSSR count). The Balaban J connectivity index is 1.48. The van der Waals surface area contributed by atoms with Crippen molar-refractivity contribution in [3.8, 4) is 0 Å². The van der Waals surface area contributed by atoms with Crippen molar-refractivity contribution in [2.75, 3.05) is 18.4 Å². The molecular weight excluding hydrogens is 252 g/mol. The van der Waals surface area contributed by atoms with Gasteiger partial charge in [-0.15, -0.1) is 0 Å². The highest BCUT2D eigenvalue weighted by atomic mass is 16.1. The Morgan fingerprint density at radius 1 is 1.45 bits per heavy atom. The van der Waals surface area contributed by atoms with E-state index in [-0.39, 0.29) is 11.8 Å². The maximum absolute atomic E-state index is 12.2. The lowest BCUT2D eigenvalue weighted by molar-refractivity contribution is -0.122. The summed E-state index contributed by atoms with van der Waals surface area (Å²) < 4.78 is 2.01. The number of amides is 1. The van der Waals surface area contributed by atoms with Crippen LogP contribution in [0.4, 0.5) is 5.69 Å². The van der Waals surface area contributed by atoms with Crippen molar-refractivity contribution in [3.63, 3.8) is 0 Å². The molecule has 2 heterocycles. The number of carbonyl (C=O) groups excluding carboxylic acids is 1. The zero-order chi connectivity index (χ0) is 13.8. The van der Waals surface area contributed by atoms with Gasteiger partial charge in [-0.1, -0.05) is 18.2 Å². The molecule has 1 aromatic heterocycles. The molecule has 0 bridgehead atoms. The summed E-state index contributed by atoms with van der Waals surface area (Å²) in [4.78, 5) is 16.2. The van der Waals surface area contributed by atoms with Crippen LogP contribution in [0.15, 0.2) is 43.0 Å². The Bertz CT molecular complexity index is 579. The smallest absolute Gasteiger partial charge is 0.229 e. The molecule has 0 saturated heterocycles. The minimum atomic E-state index is -0.0700. The van der Waals surface area contributed by atoms with Crippen LogP contribution in [0, 0.1) is 0 Å². The molecule has 5 heteroatoms. The topological polar surface area (TPSA) is 59.0 Å². The van der Waals surface area contributed by atoms with Gasteiger partial charge in [0.2, 0.25) is 5.91 Å². The number of nitrogens with one attached hydrogen (secondary N) is 2. The van der Waals surface area contributed by atoms with E-state index < -0.39 is 0 Å². The number of aromatic nitrogens is 2. The van der Waals surface area contributed by atoms with Crippen LogP contribution in [0.2, 0.25) is 0 Å². The molecule has 1 aromatic carbocycles. The second-order valence-electron chi connectivity index (χ2n) is 4.97. The SMILES string of the molecule is O=C(NCCCn1ccnc1)C1CNc2ccccc21. The number of nitrogens with zero attached hydrogens (tertiary/aromatic N) is 2. The van der Waals surface area contributed by atoms with Crippen LogP contribution in [-0.4, -0.2) is 28.5 Å². The summed E-state index contributed by atoms with van der Waals surface area (Å²) in [7, 11) is 0. The van der Waals surface area contributed by atoms with Crippen molar-refractivity contribution in [3.05, 3.63) is 48.5 Å². The Kier molecular flexibility index (Phi) is 3.67. The molecule has 104 valence electrons. The first-order chi connectivity index (χ1) is 9.84. The van der Waals surface area contributed by atoms with Crippen molar-refractivity contribution in [2.24, 2.45) is 0 Å². The van der Waals surface area contributed by atoms with Crippen LogP contribution >= 0.6 is 0 Å². The summed E-state index contributed by atoms with van der Waals surface area (Å²) in [6.45, 7) is 2.25. The van der Waals surface area contributed by atoms with Crippen molar-refractivity contribution < 1.29 is 4.79 Å². The fourth-order valence-corrected chi connectivity index (χ4v) is 2.53. The zero-order valence-electron chi connectivity index (χ0n) is 11.2. The minimum absolute atomic E-state index is 0.0700. The molecule has 0 fully saturated rings. The molecule has 0 radical (unpaired) electrons. The van der Waals surface area contributed by atoms with Crippen molar-refractivity contribution in [1.29, 1.82) is 0 Å². The van der Waals surface area contributed by atoms with Crippen molar-refractivity contribution in [2.45, 2.75) is 18.9 Å². The number of para-hydroxylation sites is 1. The van der Waals surface area contributed by atoms with E-state index in [0.717, 1.165) is 24.2 Å². The number of hydrogen-bond donors (Lipinski definition) is 2. The van der Waals surface area contributed by atoms with Crippen molar-refractivity contribution in [1.82, 2.24) is 14.9 Å². The third-order valence-corrected chi connectivity index (χ3v) is 3.60. The lowest BCUT2D eigenvalue weighted by Crippen LogP contribution is -2.31. The molecule has 0 aliphatic carbocycles. The second kappa shape index (κ2) is 5.77. The predicted octanol–water partition coefficient (Wildman–Crippen LogP) is 1.60.